The number of carbonyl (C=O) groups is 1. The Morgan fingerprint density at radius 1 is 1.30 bits per heavy atom. The Bertz CT molecular complexity index is 1080. The number of pyridine rings is 1. The fourth-order valence-electron chi connectivity index (χ4n) is 2.93. The smallest absolute Gasteiger partial charge is 0.293 e. The van der Waals surface area contributed by atoms with Crippen molar-refractivity contribution in [3.8, 4) is 0 Å². The van der Waals surface area contributed by atoms with E-state index in [9.17, 15) is 9.59 Å². The van der Waals surface area contributed by atoms with E-state index in [1.165, 1.54) is 17.1 Å². The molecular formula is C18H19ClN6O2. The van der Waals surface area contributed by atoms with E-state index in [-0.39, 0.29) is 23.9 Å². The van der Waals surface area contributed by atoms with E-state index in [2.05, 4.69) is 20.5 Å². The fraction of sp³-hybridized carbons (Fsp3) is 0.389. The van der Waals surface area contributed by atoms with Gasteiger partial charge in [-0.3, -0.25) is 14.6 Å². The van der Waals surface area contributed by atoms with Crippen LogP contribution in [0.2, 0.25) is 5.02 Å². The number of rotatable bonds is 5. The minimum Gasteiger partial charge on any atom is -0.323 e. The molecular weight excluding hydrogens is 368 g/mol. The number of hydrogen-bond donors (Lipinski definition) is 1. The molecule has 3 heterocycles. The molecule has 0 radical (unpaired) electrons. The van der Waals surface area contributed by atoms with Crippen LogP contribution in [-0.4, -0.2) is 30.3 Å². The van der Waals surface area contributed by atoms with Gasteiger partial charge in [0.25, 0.3) is 5.56 Å². The predicted octanol–water partition coefficient (Wildman–Crippen LogP) is 2.58. The van der Waals surface area contributed by atoms with Crippen LogP contribution in [0.4, 0.5) is 5.69 Å². The number of anilines is 1. The highest BCUT2D eigenvalue weighted by Crippen LogP contribution is 2.39. The molecule has 3 aromatic rings. The minimum absolute atomic E-state index is 0.0477. The molecule has 27 heavy (non-hydrogen) atoms. The maximum Gasteiger partial charge on any atom is 0.293 e. The first-order chi connectivity index (χ1) is 12.9. The zero-order valence-electron chi connectivity index (χ0n) is 15.0. The minimum atomic E-state index is -0.380. The van der Waals surface area contributed by atoms with Crippen LogP contribution in [-0.2, 0) is 11.3 Å². The van der Waals surface area contributed by atoms with Crippen molar-refractivity contribution in [2.45, 2.75) is 45.1 Å². The zero-order chi connectivity index (χ0) is 19.1. The lowest BCUT2D eigenvalue weighted by Gasteiger charge is -2.11. The van der Waals surface area contributed by atoms with Gasteiger partial charge in [0.15, 0.2) is 5.82 Å². The van der Waals surface area contributed by atoms with Crippen molar-refractivity contribution < 1.29 is 4.79 Å². The monoisotopic (exact) mass is 386 g/mol. The molecule has 1 fully saturated rings. The van der Waals surface area contributed by atoms with Gasteiger partial charge in [-0.25, -0.2) is 9.20 Å². The van der Waals surface area contributed by atoms with Crippen LogP contribution < -0.4 is 10.9 Å². The Kier molecular flexibility index (Phi) is 4.43. The van der Waals surface area contributed by atoms with Gasteiger partial charge in [0.1, 0.15) is 12.1 Å². The summed E-state index contributed by atoms with van der Waals surface area (Å²) in [6.07, 6.45) is 5.15. The molecule has 0 atom stereocenters. The summed E-state index contributed by atoms with van der Waals surface area (Å²) in [5.74, 6) is 0.742. The standard InChI is InChI=1S/C18H19ClN6O2/c1-10(2)17-23-24(9-16(26)21-13-5-12(19)7-20-8-13)18(27)15-6-14(11-3-4-11)22-25(15)17/h5-8,10-11H,3-4,9H2,1-2H3,(H,21,26). The largest absolute Gasteiger partial charge is 0.323 e. The van der Waals surface area contributed by atoms with E-state index in [1.807, 2.05) is 19.9 Å². The number of fused-ring (bicyclic) bond motifs is 1. The van der Waals surface area contributed by atoms with E-state index in [1.54, 1.807) is 10.6 Å². The van der Waals surface area contributed by atoms with Gasteiger partial charge in [0.05, 0.1) is 22.6 Å². The Hall–Kier alpha value is -2.74. The molecule has 0 aromatic carbocycles. The molecule has 1 N–H and O–H groups in total. The molecule has 1 saturated carbocycles. The lowest BCUT2D eigenvalue weighted by Crippen LogP contribution is -2.32. The topological polar surface area (TPSA) is 94.2 Å². The summed E-state index contributed by atoms with van der Waals surface area (Å²) < 4.78 is 2.81. The molecule has 1 amide bonds. The van der Waals surface area contributed by atoms with Gasteiger partial charge >= 0.3 is 0 Å². The van der Waals surface area contributed by atoms with Gasteiger partial charge in [0.2, 0.25) is 5.91 Å². The second kappa shape index (κ2) is 6.77. The Balaban J connectivity index is 1.67. The van der Waals surface area contributed by atoms with Gasteiger partial charge in [-0.15, -0.1) is 0 Å². The number of hydrogen-bond acceptors (Lipinski definition) is 5. The summed E-state index contributed by atoms with van der Waals surface area (Å²) in [4.78, 5) is 29.1. The SMILES string of the molecule is CC(C)c1nn(CC(=O)Nc2cncc(Cl)c2)c(=O)c2cc(C3CC3)nn12. The third-order valence-electron chi connectivity index (χ3n) is 4.42. The molecule has 1 aliphatic rings. The van der Waals surface area contributed by atoms with Crippen molar-refractivity contribution in [1.82, 2.24) is 24.4 Å². The molecule has 0 unspecified atom stereocenters. The molecule has 1 aliphatic carbocycles. The molecule has 0 bridgehead atoms. The summed E-state index contributed by atoms with van der Waals surface area (Å²) in [5, 5.41) is 12.1. The molecule has 140 valence electrons. The van der Waals surface area contributed by atoms with Gasteiger partial charge in [-0.1, -0.05) is 25.4 Å². The first-order valence-corrected chi connectivity index (χ1v) is 9.21. The number of aromatic nitrogens is 5. The third-order valence-corrected chi connectivity index (χ3v) is 4.62. The van der Waals surface area contributed by atoms with Crippen LogP contribution in [0.3, 0.4) is 0 Å². The maximum atomic E-state index is 12.8. The zero-order valence-corrected chi connectivity index (χ0v) is 15.8. The average Bonchev–Trinajstić information content (AvgIpc) is 3.36. The average molecular weight is 387 g/mol. The first kappa shape index (κ1) is 17.7. The lowest BCUT2D eigenvalue weighted by molar-refractivity contribution is -0.117. The van der Waals surface area contributed by atoms with E-state index in [0.29, 0.717) is 28.0 Å². The van der Waals surface area contributed by atoms with E-state index in [0.717, 1.165) is 18.5 Å². The van der Waals surface area contributed by atoms with Crippen LogP contribution in [0.25, 0.3) is 5.52 Å². The fourth-order valence-corrected chi connectivity index (χ4v) is 3.11. The van der Waals surface area contributed by atoms with Gasteiger partial charge < -0.3 is 5.32 Å². The van der Waals surface area contributed by atoms with Crippen LogP contribution in [0.15, 0.2) is 29.3 Å². The summed E-state index contributed by atoms with van der Waals surface area (Å²) >= 11 is 5.88. The molecule has 0 saturated heterocycles. The van der Waals surface area contributed by atoms with E-state index in [4.69, 9.17) is 11.6 Å². The van der Waals surface area contributed by atoms with Crippen molar-refractivity contribution in [3.05, 3.63) is 51.4 Å². The molecule has 3 aromatic heterocycles. The summed E-state index contributed by atoms with van der Waals surface area (Å²) in [6.45, 7) is 3.76. The lowest BCUT2D eigenvalue weighted by atomic mass is 10.2. The van der Waals surface area contributed by atoms with Crippen LogP contribution in [0, 0.1) is 0 Å². The van der Waals surface area contributed by atoms with Gasteiger partial charge in [0, 0.05) is 18.0 Å². The van der Waals surface area contributed by atoms with Crippen molar-refractivity contribution in [2.75, 3.05) is 5.32 Å². The molecule has 9 heteroatoms. The Morgan fingerprint density at radius 2 is 2.07 bits per heavy atom. The maximum absolute atomic E-state index is 12.8. The summed E-state index contributed by atoms with van der Waals surface area (Å²) in [7, 11) is 0. The van der Waals surface area contributed by atoms with Gasteiger partial charge in [-0.05, 0) is 25.0 Å². The highest BCUT2D eigenvalue weighted by molar-refractivity contribution is 6.30. The van der Waals surface area contributed by atoms with Crippen LogP contribution >= 0.6 is 11.6 Å². The highest BCUT2D eigenvalue weighted by atomic mass is 35.5. The number of halogens is 1. The Labute approximate surface area is 160 Å². The Morgan fingerprint density at radius 3 is 2.74 bits per heavy atom. The molecule has 4 rings (SSSR count). The van der Waals surface area contributed by atoms with E-state index >= 15 is 0 Å². The molecule has 8 nitrogen and oxygen atoms in total. The van der Waals surface area contributed by atoms with Crippen molar-refractivity contribution in [1.29, 1.82) is 0 Å². The summed E-state index contributed by atoms with van der Waals surface area (Å²) in [5.41, 5.74) is 1.50. The normalized spacial score (nSPS) is 14.1. The second-order valence-electron chi connectivity index (χ2n) is 7.06. The number of nitrogens with zero attached hydrogens (tertiary/aromatic N) is 5. The van der Waals surface area contributed by atoms with Crippen molar-refractivity contribution >= 4 is 28.7 Å². The first-order valence-electron chi connectivity index (χ1n) is 8.83. The van der Waals surface area contributed by atoms with Crippen molar-refractivity contribution in [3.63, 3.8) is 0 Å². The third kappa shape index (κ3) is 3.57. The summed E-state index contributed by atoms with van der Waals surface area (Å²) in [6, 6.07) is 3.41. The van der Waals surface area contributed by atoms with Crippen molar-refractivity contribution in [2.24, 2.45) is 0 Å². The second-order valence-corrected chi connectivity index (χ2v) is 7.49. The van der Waals surface area contributed by atoms with Gasteiger partial charge in [-0.2, -0.15) is 10.2 Å². The van der Waals surface area contributed by atoms with Crippen LogP contribution in [0.5, 0.6) is 0 Å². The molecule has 0 aliphatic heterocycles. The number of carbonyl (C=O) groups excluding carboxylic acids is 1. The quantitative estimate of drug-likeness (QED) is 0.727. The predicted molar refractivity (Wildman–Crippen MR) is 101 cm³/mol. The molecule has 0 spiro atoms. The highest BCUT2D eigenvalue weighted by Gasteiger charge is 2.28. The number of nitrogens with one attached hydrogen (secondary N) is 1. The number of amides is 1. The van der Waals surface area contributed by atoms with Crippen LogP contribution in [0.1, 0.15) is 50.0 Å². The van der Waals surface area contributed by atoms with E-state index < -0.39 is 0 Å².